The van der Waals surface area contributed by atoms with Crippen molar-refractivity contribution in [2.24, 2.45) is 7.05 Å². The van der Waals surface area contributed by atoms with Crippen molar-refractivity contribution in [1.82, 2.24) is 25.0 Å². The zero-order chi connectivity index (χ0) is 11.2. The zero-order valence-corrected chi connectivity index (χ0v) is 10.0. The smallest absolute Gasteiger partial charge is 0.140 e. The summed E-state index contributed by atoms with van der Waals surface area (Å²) in [7, 11) is 1.92. The molecule has 0 radical (unpaired) electrons. The maximum atomic E-state index is 4.17. The fourth-order valence-corrected chi connectivity index (χ4v) is 2.11. The van der Waals surface area contributed by atoms with Crippen LogP contribution in [0.5, 0.6) is 0 Å². The van der Waals surface area contributed by atoms with E-state index in [1.165, 1.54) is 38.9 Å². The molecule has 0 atom stereocenters. The van der Waals surface area contributed by atoms with Crippen molar-refractivity contribution in [3.05, 3.63) is 12.2 Å². The summed E-state index contributed by atoms with van der Waals surface area (Å²) in [5.41, 5.74) is 0. The van der Waals surface area contributed by atoms with Crippen LogP contribution in [0.25, 0.3) is 0 Å². The van der Waals surface area contributed by atoms with Crippen LogP contribution in [0.3, 0.4) is 0 Å². The van der Waals surface area contributed by atoms with Gasteiger partial charge >= 0.3 is 0 Å². The van der Waals surface area contributed by atoms with Crippen LogP contribution in [0, 0.1) is 0 Å². The third-order valence-corrected chi connectivity index (χ3v) is 3.11. The van der Waals surface area contributed by atoms with E-state index < -0.39 is 0 Å². The van der Waals surface area contributed by atoms with E-state index in [0.29, 0.717) is 0 Å². The molecule has 2 heterocycles. The van der Waals surface area contributed by atoms with Gasteiger partial charge in [0.1, 0.15) is 12.2 Å². The highest BCUT2D eigenvalue weighted by atomic mass is 15.3. The maximum Gasteiger partial charge on any atom is 0.140 e. The van der Waals surface area contributed by atoms with Crippen molar-refractivity contribution < 1.29 is 0 Å². The third-order valence-electron chi connectivity index (χ3n) is 3.11. The first-order chi connectivity index (χ1) is 7.86. The number of nitrogens with zero attached hydrogens (tertiary/aromatic N) is 4. The zero-order valence-electron chi connectivity index (χ0n) is 10.0. The predicted molar refractivity (Wildman–Crippen MR) is 63.0 cm³/mol. The Hall–Kier alpha value is -0.940. The van der Waals surface area contributed by atoms with E-state index in [0.717, 1.165) is 18.9 Å². The molecule has 2 rings (SSSR count). The van der Waals surface area contributed by atoms with Crippen molar-refractivity contribution >= 4 is 0 Å². The number of nitrogens with one attached hydrogen (secondary N) is 1. The molecule has 0 aromatic carbocycles. The summed E-state index contributed by atoms with van der Waals surface area (Å²) < 4.78 is 1.81. The third kappa shape index (κ3) is 3.28. The Morgan fingerprint density at radius 1 is 1.38 bits per heavy atom. The average Bonchev–Trinajstić information content (AvgIpc) is 2.90. The molecule has 16 heavy (non-hydrogen) atoms. The maximum absolute atomic E-state index is 4.17. The van der Waals surface area contributed by atoms with Gasteiger partial charge in [-0.05, 0) is 45.4 Å². The number of likely N-dealkylation sites (tertiary alicyclic amines) is 1. The van der Waals surface area contributed by atoms with E-state index >= 15 is 0 Å². The van der Waals surface area contributed by atoms with Crippen molar-refractivity contribution in [1.29, 1.82) is 0 Å². The quantitative estimate of drug-likeness (QED) is 0.709. The average molecular weight is 223 g/mol. The van der Waals surface area contributed by atoms with Gasteiger partial charge in [0.05, 0.1) is 6.54 Å². The molecule has 1 aliphatic rings. The normalized spacial score (nSPS) is 17.1. The molecule has 1 fully saturated rings. The minimum atomic E-state index is 0.816. The van der Waals surface area contributed by atoms with Crippen LogP contribution in [0.1, 0.15) is 25.1 Å². The summed E-state index contributed by atoms with van der Waals surface area (Å²) in [5.74, 6) is 1.00. The van der Waals surface area contributed by atoms with E-state index in [4.69, 9.17) is 0 Å². The van der Waals surface area contributed by atoms with Crippen LogP contribution in [0.4, 0.5) is 0 Å². The van der Waals surface area contributed by atoms with Crippen LogP contribution in [-0.2, 0) is 13.6 Å². The summed E-state index contributed by atoms with van der Waals surface area (Å²) in [5, 5.41) is 7.44. The second-order valence-corrected chi connectivity index (χ2v) is 4.38. The summed E-state index contributed by atoms with van der Waals surface area (Å²) in [6.45, 7) is 5.69. The molecule has 1 aliphatic heterocycles. The molecule has 0 saturated carbocycles. The Kier molecular flexibility index (Phi) is 4.30. The largest absolute Gasteiger partial charge is 0.310 e. The predicted octanol–water partition coefficient (Wildman–Crippen LogP) is 0.391. The molecule has 90 valence electrons. The molecular formula is C11H21N5. The van der Waals surface area contributed by atoms with Gasteiger partial charge in [0.15, 0.2) is 0 Å². The molecule has 0 unspecified atom stereocenters. The summed E-state index contributed by atoms with van der Waals surface area (Å²) in [4.78, 5) is 6.72. The van der Waals surface area contributed by atoms with Gasteiger partial charge in [0.2, 0.25) is 0 Å². The minimum absolute atomic E-state index is 0.816. The van der Waals surface area contributed by atoms with Crippen LogP contribution >= 0.6 is 0 Å². The first-order valence-electron chi connectivity index (χ1n) is 6.12. The number of aromatic nitrogens is 3. The van der Waals surface area contributed by atoms with E-state index in [1.807, 2.05) is 11.7 Å². The van der Waals surface area contributed by atoms with Gasteiger partial charge in [-0.2, -0.15) is 5.10 Å². The van der Waals surface area contributed by atoms with Gasteiger partial charge in [0, 0.05) is 7.05 Å². The summed E-state index contributed by atoms with van der Waals surface area (Å²) in [6, 6.07) is 0. The first-order valence-corrected chi connectivity index (χ1v) is 6.12. The lowest BCUT2D eigenvalue weighted by Crippen LogP contribution is -2.25. The lowest BCUT2D eigenvalue weighted by molar-refractivity contribution is 0.330. The van der Waals surface area contributed by atoms with Gasteiger partial charge in [0.25, 0.3) is 0 Å². The van der Waals surface area contributed by atoms with Crippen LogP contribution in [-0.4, -0.2) is 45.8 Å². The Morgan fingerprint density at radius 2 is 2.19 bits per heavy atom. The molecule has 5 heteroatoms. The molecule has 1 aromatic heterocycles. The van der Waals surface area contributed by atoms with Crippen LogP contribution in [0.2, 0.25) is 0 Å². The second kappa shape index (κ2) is 5.96. The van der Waals surface area contributed by atoms with Crippen molar-refractivity contribution in [3.63, 3.8) is 0 Å². The SMILES string of the molecule is Cn1ncnc1CNCCCN1CCCC1. The van der Waals surface area contributed by atoms with Crippen molar-refractivity contribution in [2.75, 3.05) is 26.2 Å². The fourth-order valence-electron chi connectivity index (χ4n) is 2.11. The van der Waals surface area contributed by atoms with Gasteiger partial charge in [-0.25, -0.2) is 4.98 Å². The molecule has 0 aliphatic carbocycles. The molecule has 5 nitrogen and oxygen atoms in total. The highest BCUT2D eigenvalue weighted by Gasteiger charge is 2.09. The first kappa shape index (κ1) is 11.5. The number of hydrogen-bond donors (Lipinski definition) is 1. The monoisotopic (exact) mass is 223 g/mol. The Morgan fingerprint density at radius 3 is 2.88 bits per heavy atom. The van der Waals surface area contributed by atoms with E-state index in [1.54, 1.807) is 6.33 Å². The minimum Gasteiger partial charge on any atom is -0.310 e. The molecular weight excluding hydrogens is 202 g/mol. The van der Waals surface area contributed by atoms with Gasteiger partial charge in [-0.3, -0.25) is 4.68 Å². The Labute approximate surface area is 96.8 Å². The highest BCUT2D eigenvalue weighted by Crippen LogP contribution is 2.06. The molecule has 0 amide bonds. The molecule has 1 aromatic rings. The van der Waals surface area contributed by atoms with E-state index in [2.05, 4.69) is 20.3 Å². The van der Waals surface area contributed by atoms with E-state index in [-0.39, 0.29) is 0 Å². The summed E-state index contributed by atoms with van der Waals surface area (Å²) >= 11 is 0. The Balaban J connectivity index is 1.53. The fraction of sp³-hybridized carbons (Fsp3) is 0.818. The topological polar surface area (TPSA) is 46.0 Å². The van der Waals surface area contributed by atoms with Gasteiger partial charge in [-0.1, -0.05) is 0 Å². The number of rotatable bonds is 6. The Bertz CT molecular complexity index is 303. The molecule has 1 N–H and O–H groups in total. The number of hydrogen-bond acceptors (Lipinski definition) is 4. The van der Waals surface area contributed by atoms with Crippen LogP contribution < -0.4 is 5.32 Å². The van der Waals surface area contributed by atoms with Crippen molar-refractivity contribution in [3.8, 4) is 0 Å². The van der Waals surface area contributed by atoms with Crippen LogP contribution in [0.15, 0.2) is 6.33 Å². The van der Waals surface area contributed by atoms with Crippen molar-refractivity contribution in [2.45, 2.75) is 25.8 Å². The van der Waals surface area contributed by atoms with Gasteiger partial charge < -0.3 is 10.2 Å². The van der Waals surface area contributed by atoms with Gasteiger partial charge in [-0.15, -0.1) is 0 Å². The lowest BCUT2D eigenvalue weighted by atomic mass is 10.4. The molecule has 0 bridgehead atoms. The van der Waals surface area contributed by atoms with E-state index in [9.17, 15) is 0 Å². The molecule has 1 saturated heterocycles. The standard InChI is InChI=1S/C11H21N5/c1-15-11(13-10-14-15)9-12-5-4-8-16-6-2-3-7-16/h10,12H,2-9H2,1H3. The lowest BCUT2D eigenvalue weighted by Gasteiger charge is -2.14. The number of aryl methyl sites for hydroxylation is 1. The highest BCUT2D eigenvalue weighted by molar-refractivity contribution is 4.81. The summed E-state index contributed by atoms with van der Waals surface area (Å²) in [6.07, 6.45) is 5.58. The molecule has 0 spiro atoms. The second-order valence-electron chi connectivity index (χ2n) is 4.38.